The molecule has 19 heavy (non-hydrogen) atoms. The van der Waals surface area contributed by atoms with E-state index in [1.54, 1.807) is 0 Å². The van der Waals surface area contributed by atoms with Gasteiger partial charge in [-0.05, 0) is 61.7 Å². The number of amides is 1. The molecule has 0 aliphatic heterocycles. The van der Waals surface area contributed by atoms with Crippen LogP contribution in [0.15, 0.2) is 0 Å². The van der Waals surface area contributed by atoms with Gasteiger partial charge < -0.3 is 5.32 Å². The molecule has 4 fully saturated rings. The van der Waals surface area contributed by atoms with Crippen LogP contribution in [0.25, 0.3) is 0 Å². The number of carbonyl (C=O) groups is 1. The molecule has 0 radical (unpaired) electrons. The lowest BCUT2D eigenvalue weighted by molar-refractivity contribution is -0.170. The molecule has 0 aromatic heterocycles. The van der Waals surface area contributed by atoms with Crippen molar-refractivity contribution >= 4 is 21.8 Å². The van der Waals surface area contributed by atoms with Crippen molar-refractivity contribution in [3.8, 4) is 0 Å². The molecule has 0 spiro atoms. The van der Waals surface area contributed by atoms with Gasteiger partial charge in [-0.1, -0.05) is 29.8 Å². The van der Waals surface area contributed by atoms with E-state index in [9.17, 15) is 4.79 Å². The molecule has 0 aromatic carbocycles. The van der Waals surface area contributed by atoms with E-state index in [2.05, 4.69) is 35.1 Å². The van der Waals surface area contributed by atoms with E-state index in [1.807, 2.05) is 0 Å². The zero-order chi connectivity index (χ0) is 13.7. The van der Waals surface area contributed by atoms with Crippen molar-refractivity contribution in [2.24, 2.45) is 22.2 Å². The molecule has 4 aliphatic rings. The lowest BCUT2D eigenvalue weighted by atomic mass is 9.40. The molecule has 0 heterocycles. The topological polar surface area (TPSA) is 29.1 Å². The summed E-state index contributed by atoms with van der Waals surface area (Å²) in [5.74, 6) is 1.16. The molecule has 2 unspecified atom stereocenters. The lowest BCUT2D eigenvalue weighted by Crippen LogP contribution is -2.59. The molecular weight excluding hydrogens is 302 g/mol. The van der Waals surface area contributed by atoms with Crippen LogP contribution >= 0.6 is 15.9 Å². The van der Waals surface area contributed by atoms with E-state index < -0.39 is 0 Å². The summed E-state index contributed by atoms with van der Waals surface area (Å²) in [5, 5.41) is 4.18. The second kappa shape index (κ2) is 4.47. The third-order valence-electron chi connectivity index (χ3n) is 5.70. The molecular formula is C16H26BrNO. The summed E-state index contributed by atoms with van der Waals surface area (Å²) in [6, 6.07) is 0. The average Bonchev–Trinajstić information content (AvgIpc) is 2.24. The van der Waals surface area contributed by atoms with E-state index in [-0.39, 0.29) is 5.41 Å². The van der Waals surface area contributed by atoms with Crippen LogP contribution in [0.4, 0.5) is 0 Å². The van der Waals surface area contributed by atoms with Gasteiger partial charge in [0.2, 0.25) is 5.91 Å². The smallest absolute Gasteiger partial charge is 0.226 e. The van der Waals surface area contributed by atoms with Crippen molar-refractivity contribution in [1.82, 2.24) is 5.32 Å². The Kier molecular flexibility index (Phi) is 3.28. The Morgan fingerprint density at radius 2 is 1.79 bits per heavy atom. The molecule has 108 valence electrons. The molecule has 1 amide bonds. The van der Waals surface area contributed by atoms with Gasteiger partial charge in [0.25, 0.3) is 0 Å². The van der Waals surface area contributed by atoms with E-state index in [4.69, 9.17) is 0 Å². The van der Waals surface area contributed by atoms with Crippen LogP contribution in [0.5, 0.6) is 0 Å². The molecule has 4 aliphatic carbocycles. The fourth-order valence-corrected chi connectivity index (χ4v) is 6.44. The Bertz CT molecular complexity index is 376. The van der Waals surface area contributed by atoms with Gasteiger partial charge in [0, 0.05) is 11.9 Å². The number of carbonyl (C=O) groups excluding carboxylic acids is 1. The van der Waals surface area contributed by atoms with E-state index in [0.29, 0.717) is 16.7 Å². The standard InChI is InChI=1S/C16H26BrNO/c1-14-6-12-7-15(2,9-14)11-16(8-12,10-14)13(19)18-5-3-4-17/h12H,3-11H2,1-2H3,(H,18,19). The third-order valence-corrected chi connectivity index (χ3v) is 6.26. The number of rotatable bonds is 4. The number of alkyl halides is 1. The zero-order valence-electron chi connectivity index (χ0n) is 12.2. The number of hydrogen-bond acceptors (Lipinski definition) is 1. The molecule has 4 saturated carbocycles. The quantitative estimate of drug-likeness (QED) is 0.616. The van der Waals surface area contributed by atoms with E-state index in [0.717, 1.165) is 43.5 Å². The fourth-order valence-electron chi connectivity index (χ4n) is 6.16. The maximum atomic E-state index is 12.7. The first kappa shape index (κ1) is 13.9. The largest absolute Gasteiger partial charge is 0.356 e. The Morgan fingerprint density at radius 1 is 1.16 bits per heavy atom. The minimum atomic E-state index is -0.0325. The Hall–Kier alpha value is -0.0500. The summed E-state index contributed by atoms with van der Waals surface area (Å²) in [6.45, 7) is 5.68. The first-order valence-corrected chi connectivity index (χ1v) is 8.85. The second-order valence-electron chi connectivity index (χ2n) is 8.21. The minimum absolute atomic E-state index is 0.0325. The third kappa shape index (κ3) is 2.36. The molecule has 2 nitrogen and oxygen atoms in total. The average molecular weight is 328 g/mol. The Labute approximate surface area is 125 Å². The summed E-state index contributed by atoms with van der Waals surface area (Å²) < 4.78 is 0. The number of halogens is 1. The van der Waals surface area contributed by atoms with Crippen LogP contribution in [-0.2, 0) is 4.79 Å². The number of hydrogen-bond donors (Lipinski definition) is 1. The van der Waals surface area contributed by atoms with Crippen molar-refractivity contribution in [2.75, 3.05) is 11.9 Å². The molecule has 3 heteroatoms. The first-order valence-electron chi connectivity index (χ1n) is 7.73. The van der Waals surface area contributed by atoms with Crippen LogP contribution in [0, 0.1) is 22.2 Å². The summed E-state index contributed by atoms with van der Waals surface area (Å²) in [6.07, 6.45) is 8.50. The van der Waals surface area contributed by atoms with Crippen molar-refractivity contribution in [2.45, 2.75) is 58.8 Å². The summed E-state index contributed by atoms with van der Waals surface area (Å²) in [5.41, 5.74) is 0.830. The van der Waals surface area contributed by atoms with E-state index in [1.165, 1.54) is 19.3 Å². The van der Waals surface area contributed by atoms with Crippen LogP contribution in [0.1, 0.15) is 58.8 Å². The number of nitrogens with one attached hydrogen (secondary N) is 1. The van der Waals surface area contributed by atoms with Crippen LogP contribution < -0.4 is 5.32 Å². The van der Waals surface area contributed by atoms with Crippen molar-refractivity contribution in [1.29, 1.82) is 0 Å². The van der Waals surface area contributed by atoms with Gasteiger partial charge in [0.05, 0.1) is 5.41 Å². The monoisotopic (exact) mass is 327 g/mol. The van der Waals surface area contributed by atoms with Crippen molar-refractivity contribution in [3.63, 3.8) is 0 Å². The van der Waals surface area contributed by atoms with Gasteiger partial charge in [0.15, 0.2) is 0 Å². The SMILES string of the molecule is CC12CC3CC(C)(C1)CC(C(=O)NCCCBr)(C3)C2. The molecule has 0 aromatic rings. The predicted molar refractivity (Wildman–Crippen MR) is 81.3 cm³/mol. The van der Waals surface area contributed by atoms with Gasteiger partial charge in [0.1, 0.15) is 0 Å². The van der Waals surface area contributed by atoms with Gasteiger partial charge >= 0.3 is 0 Å². The molecule has 4 bridgehead atoms. The molecule has 1 N–H and O–H groups in total. The molecule has 0 saturated heterocycles. The summed E-state index contributed by atoms with van der Waals surface area (Å²) in [7, 11) is 0. The zero-order valence-corrected chi connectivity index (χ0v) is 13.8. The van der Waals surface area contributed by atoms with Gasteiger partial charge in [-0.15, -0.1) is 0 Å². The van der Waals surface area contributed by atoms with Crippen molar-refractivity contribution < 1.29 is 4.79 Å². The molecule has 2 atom stereocenters. The highest BCUT2D eigenvalue weighted by Crippen LogP contribution is 2.69. The predicted octanol–water partition coefficient (Wildman–Crippen LogP) is 3.88. The first-order chi connectivity index (χ1) is 8.89. The normalized spacial score (nSPS) is 47.4. The van der Waals surface area contributed by atoms with Gasteiger partial charge in [-0.25, -0.2) is 0 Å². The van der Waals surface area contributed by atoms with Crippen LogP contribution in [0.3, 0.4) is 0 Å². The molecule has 4 rings (SSSR count). The van der Waals surface area contributed by atoms with Crippen molar-refractivity contribution in [3.05, 3.63) is 0 Å². The maximum absolute atomic E-state index is 12.7. The van der Waals surface area contributed by atoms with Crippen LogP contribution in [-0.4, -0.2) is 17.8 Å². The minimum Gasteiger partial charge on any atom is -0.356 e. The summed E-state index contributed by atoms with van der Waals surface area (Å²) in [4.78, 5) is 12.7. The Balaban J connectivity index is 1.78. The highest BCUT2D eigenvalue weighted by atomic mass is 79.9. The van der Waals surface area contributed by atoms with Gasteiger partial charge in [-0.2, -0.15) is 0 Å². The maximum Gasteiger partial charge on any atom is 0.226 e. The van der Waals surface area contributed by atoms with Gasteiger partial charge in [-0.3, -0.25) is 4.79 Å². The van der Waals surface area contributed by atoms with E-state index >= 15 is 0 Å². The lowest BCUT2D eigenvalue weighted by Gasteiger charge is -2.64. The summed E-state index contributed by atoms with van der Waals surface area (Å²) >= 11 is 3.43. The van der Waals surface area contributed by atoms with Crippen LogP contribution in [0.2, 0.25) is 0 Å². The Morgan fingerprint density at radius 3 is 2.32 bits per heavy atom. The highest BCUT2D eigenvalue weighted by Gasteiger charge is 2.62. The second-order valence-corrected chi connectivity index (χ2v) is 9.00. The fraction of sp³-hybridized carbons (Fsp3) is 0.938. The highest BCUT2D eigenvalue weighted by molar-refractivity contribution is 9.09.